The molecule has 1 saturated carbocycles. The highest BCUT2D eigenvalue weighted by Gasteiger charge is 2.29. The van der Waals surface area contributed by atoms with Crippen molar-refractivity contribution in [1.29, 1.82) is 0 Å². The number of amides is 1. The summed E-state index contributed by atoms with van der Waals surface area (Å²) in [5.74, 6) is 0.776. The Morgan fingerprint density at radius 2 is 1.97 bits per heavy atom. The zero-order chi connectivity index (χ0) is 21.4. The van der Waals surface area contributed by atoms with Crippen molar-refractivity contribution in [2.75, 3.05) is 19.6 Å². The monoisotopic (exact) mass is 413 g/mol. The molecular weight excluding hydrogens is 382 g/mol. The molecule has 2 fully saturated rings. The Labute approximate surface area is 175 Å². The first kappa shape index (κ1) is 20.8. The molecule has 8 nitrogen and oxygen atoms in total. The number of aromatic amines is 1. The molecule has 2 aromatic heterocycles. The van der Waals surface area contributed by atoms with Gasteiger partial charge in [-0.3, -0.25) is 24.0 Å². The van der Waals surface area contributed by atoms with Gasteiger partial charge < -0.3 is 5.32 Å². The van der Waals surface area contributed by atoms with Gasteiger partial charge in [0.05, 0.1) is 10.9 Å². The predicted octanol–water partition coefficient (Wildman–Crippen LogP) is 1.83. The van der Waals surface area contributed by atoms with E-state index < -0.39 is 11.2 Å². The summed E-state index contributed by atoms with van der Waals surface area (Å²) in [5, 5.41) is 3.21. The highest BCUT2D eigenvalue weighted by atomic mass is 16.2. The van der Waals surface area contributed by atoms with Crippen LogP contribution < -0.4 is 16.6 Å². The fourth-order valence-corrected chi connectivity index (χ4v) is 4.29. The van der Waals surface area contributed by atoms with Gasteiger partial charge in [-0.2, -0.15) is 0 Å². The lowest BCUT2D eigenvalue weighted by molar-refractivity contribution is 0.0923. The molecule has 2 N–H and O–H groups in total. The van der Waals surface area contributed by atoms with Crippen LogP contribution in [0.5, 0.6) is 0 Å². The van der Waals surface area contributed by atoms with E-state index in [4.69, 9.17) is 0 Å². The number of nitrogens with one attached hydrogen (secondary N) is 2. The molecule has 1 amide bonds. The third-order valence-electron chi connectivity index (χ3n) is 6.52. The maximum Gasteiger partial charge on any atom is 0.329 e. The zero-order valence-corrected chi connectivity index (χ0v) is 18.0. The molecule has 4 rings (SSSR count). The van der Waals surface area contributed by atoms with Crippen LogP contribution in [0.4, 0.5) is 0 Å². The van der Waals surface area contributed by atoms with Gasteiger partial charge in [-0.15, -0.1) is 0 Å². The van der Waals surface area contributed by atoms with E-state index in [1.807, 2.05) is 6.92 Å². The first-order chi connectivity index (χ1) is 14.4. The van der Waals surface area contributed by atoms with Gasteiger partial charge in [0.1, 0.15) is 0 Å². The molecule has 0 aromatic carbocycles. The SMILES string of the molecule is CCn1c(=O)[nH]c(=O)c2c(C(=O)NCC(C)N3CCC(C)CC3)cc(C3CC3)nc21. The van der Waals surface area contributed by atoms with Gasteiger partial charge in [-0.05, 0) is 64.6 Å². The smallest absolute Gasteiger partial charge is 0.329 e. The fraction of sp³-hybridized carbons (Fsp3) is 0.636. The average Bonchev–Trinajstić information content (AvgIpc) is 3.57. The number of pyridine rings is 1. The van der Waals surface area contributed by atoms with Crippen molar-refractivity contribution in [2.45, 2.75) is 65.0 Å². The van der Waals surface area contributed by atoms with E-state index in [9.17, 15) is 14.4 Å². The van der Waals surface area contributed by atoms with E-state index in [1.165, 1.54) is 17.4 Å². The van der Waals surface area contributed by atoms with Crippen LogP contribution in [0.3, 0.4) is 0 Å². The second-order valence-corrected chi connectivity index (χ2v) is 8.85. The first-order valence-corrected chi connectivity index (χ1v) is 11.1. The van der Waals surface area contributed by atoms with E-state index >= 15 is 0 Å². The number of hydrogen-bond acceptors (Lipinski definition) is 5. The molecule has 2 aliphatic rings. The maximum absolute atomic E-state index is 13.1. The molecule has 2 aromatic rings. The molecule has 0 radical (unpaired) electrons. The topological polar surface area (TPSA) is 100 Å². The summed E-state index contributed by atoms with van der Waals surface area (Å²) in [6.07, 6.45) is 4.40. The molecule has 1 saturated heterocycles. The molecule has 1 unspecified atom stereocenters. The lowest BCUT2D eigenvalue weighted by Crippen LogP contribution is -2.45. The first-order valence-electron chi connectivity index (χ1n) is 11.1. The number of aryl methyl sites for hydroxylation is 1. The molecule has 1 aliphatic heterocycles. The van der Waals surface area contributed by atoms with Crippen LogP contribution in [-0.4, -0.2) is 51.0 Å². The van der Waals surface area contributed by atoms with Gasteiger partial charge >= 0.3 is 5.69 Å². The maximum atomic E-state index is 13.1. The summed E-state index contributed by atoms with van der Waals surface area (Å²) in [7, 11) is 0. The molecule has 30 heavy (non-hydrogen) atoms. The van der Waals surface area contributed by atoms with Gasteiger partial charge in [0.2, 0.25) is 0 Å². The second-order valence-electron chi connectivity index (χ2n) is 8.85. The molecule has 0 bridgehead atoms. The largest absolute Gasteiger partial charge is 0.350 e. The van der Waals surface area contributed by atoms with E-state index in [0.717, 1.165) is 37.5 Å². The number of carbonyl (C=O) groups excluding carboxylic acids is 1. The minimum Gasteiger partial charge on any atom is -0.350 e. The molecular formula is C22H31N5O3. The highest BCUT2D eigenvalue weighted by molar-refractivity contribution is 6.05. The van der Waals surface area contributed by atoms with Crippen molar-refractivity contribution in [1.82, 2.24) is 24.8 Å². The van der Waals surface area contributed by atoms with Gasteiger partial charge in [-0.25, -0.2) is 9.78 Å². The molecule has 162 valence electrons. The second kappa shape index (κ2) is 8.34. The standard InChI is InChI=1S/C22H31N5O3/c1-4-27-19-18(21(29)25-22(27)30)16(11-17(24-19)15-5-6-15)20(28)23-12-14(3)26-9-7-13(2)8-10-26/h11,13-15H,4-10,12H2,1-3H3,(H,23,28)(H,25,29,30). The van der Waals surface area contributed by atoms with Crippen LogP contribution in [0.1, 0.15) is 68.4 Å². The van der Waals surface area contributed by atoms with Crippen molar-refractivity contribution >= 4 is 16.9 Å². The Balaban J connectivity index is 1.63. The van der Waals surface area contributed by atoms with Crippen molar-refractivity contribution < 1.29 is 4.79 Å². The number of rotatable bonds is 6. The lowest BCUT2D eigenvalue weighted by atomic mass is 9.98. The number of likely N-dealkylation sites (tertiary alicyclic amines) is 1. The van der Waals surface area contributed by atoms with Gasteiger partial charge in [0, 0.05) is 30.7 Å². The van der Waals surface area contributed by atoms with Crippen molar-refractivity contribution in [3.63, 3.8) is 0 Å². The van der Waals surface area contributed by atoms with Crippen LogP contribution in [0.25, 0.3) is 11.0 Å². The van der Waals surface area contributed by atoms with E-state index in [2.05, 4.69) is 34.0 Å². The molecule has 0 spiro atoms. The number of piperidine rings is 1. The number of carbonyl (C=O) groups is 1. The third kappa shape index (κ3) is 4.05. The van der Waals surface area contributed by atoms with E-state index in [-0.39, 0.29) is 17.3 Å². The van der Waals surface area contributed by atoms with Crippen molar-refractivity contribution in [3.05, 3.63) is 38.2 Å². The minimum absolute atomic E-state index is 0.192. The number of hydrogen-bond donors (Lipinski definition) is 2. The number of fused-ring (bicyclic) bond motifs is 1. The quantitative estimate of drug-likeness (QED) is 0.753. The number of aromatic nitrogens is 3. The van der Waals surface area contributed by atoms with Gasteiger partial charge in [-0.1, -0.05) is 6.92 Å². The Kier molecular flexibility index (Phi) is 5.77. The Bertz CT molecular complexity index is 1060. The molecule has 1 atom stereocenters. The zero-order valence-electron chi connectivity index (χ0n) is 18.0. The average molecular weight is 414 g/mol. The summed E-state index contributed by atoms with van der Waals surface area (Å²) in [6.45, 7) is 9.21. The van der Waals surface area contributed by atoms with Crippen molar-refractivity contribution in [2.24, 2.45) is 5.92 Å². The normalized spacial score (nSPS) is 19.2. The molecule has 1 aliphatic carbocycles. The highest BCUT2D eigenvalue weighted by Crippen LogP contribution is 2.39. The van der Waals surface area contributed by atoms with Crippen LogP contribution >= 0.6 is 0 Å². The Morgan fingerprint density at radius 3 is 2.60 bits per heavy atom. The lowest BCUT2D eigenvalue weighted by Gasteiger charge is -2.35. The summed E-state index contributed by atoms with van der Waals surface area (Å²) in [5.41, 5.74) is 0.356. The summed E-state index contributed by atoms with van der Waals surface area (Å²) < 4.78 is 1.43. The number of H-pyrrole nitrogens is 1. The van der Waals surface area contributed by atoms with Crippen LogP contribution in [0, 0.1) is 5.92 Å². The summed E-state index contributed by atoms with van der Waals surface area (Å²) in [4.78, 5) is 47.3. The van der Waals surface area contributed by atoms with Gasteiger partial charge in [0.25, 0.3) is 11.5 Å². The van der Waals surface area contributed by atoms with E-state index in [1.54, 1.807) is 6.07 Å². The van der Waals surface area contributed by atoms with E-state index in [0.29, 0.717) is 30.2 Å². The third-order valence-corrected chi connectivity index (χ3v) is 6.52. The molecule has 3 heterocycles. The summed E-state index contributed by atoms with van der Waals surface area (Å²) in [6, 6.07) is 1.96. The fourth-order valence-electron chi connectivity index (χ4n) is 4.29. The predicted molar refractivity (Wildman–Crippen MR) is 116 cm³/mol. The van der Waals surface area contributed by atoms with Crippen LogP contribution in [-0.2, 0) is 6.54 Å². The minimum atomic E-state index is -0.558. The molecule has 8 heteroatoms. The van der Waals surface area contributed by atoms with Gasteiger partial charge in [0.15, 0.2) is 5.65 Å². The van der Waals surface area contributed by atoms with Crippen LogP contribution in [0.2, 0.25) is 0 Å². The Hall–Kier alpha value is -2.48. The van der Waals surface area contributed by atoms with Crippen molar-refractivity contribution in [3.8, 4) is 0 Å². The summed E-state index contributed by atoms with van der Waals surface area (Å²) >= 11 is 0. The number of nitrogens with zero attached hydrogens (tertiary/aromatic N) is 3. The van der Waals surface area contributed by atoms with Crippen LogP contribution in [0.15, 0.2) is 15.7 Å². The Morgan fingerprint density at radius 1 is 1.27 bits per heavy atom.